The minimum absolute atomic E-state index is 0.868. The van der Waals surface area contributed by atoms with E-state index in [1.165, 1.54) is 76.9 Å². The summed E-state index contributed by atoms with van der Waals surface area (Å²) in [5.41, 5.74) is 14.5. The van der Waals surface area contributed by atoms with E-state index in [-0.39, 0.29) is 0 Å². The van der Waals surface area contributed by atoms with Crippen molar-refractivity contribution < 1.29 is 0 Å². The van der Waals surface area contributed by atoms with Crippen LogP contribution in [0.1, 0.15) is 0 Å². The van der Waals surface area contributed by atoms with Crippen LogP contribution in [0.25, 0.3) is 115 Å². The Morgan fingerprint density at radius 1 is 0.305 bits per heavy atom. The molecule has 0 radical (unpaired) electrons. The third kappa shape index (κ3) is 5.44. The van der Waals surface area contributed by atoms with Gasteiger partial charge in [0.2, 0.25) is 0 Å². The normalized spacial score (nSPS) is 11.7. The summed E-state index contributed by atoms with van der Waals surface area (Å²) < 4.78 is 2.43. The molecule has 0 amide bonds. The molecule has 274 valence electrons. The molecule has 59 heavy (non-hydrogen) atoms. The molecular weight excluding hydrogens is 715 g/mol. The summed E-state index contributed by atoms with van der Waals surface area (Å²) in [5.74, 6) is 0. The Morgan fingerprint density at radius 3 is 1.49 bits per heavy atom. The number of para-hydroxylation sites is 1. The summed E-state index contributed by atoms with van der Waals surface area (Å²) in [4.78, 5) is 10.2. The van der Waals surface area contributed by atoms with Crippen LogP contribution in [0.2, 0.25) is 0 Å². The van der Waals surface area contributed by atoms with Gasteiger partial charge in [0.05, 0.1) is 39.6 Å². The molecule has 10 aromatic carbocycles. The Kier molecular flexibility index (Phi) is 7.54. The van der Waals surface area contributed by atoms with Gasteiger partial charge in [0, 0.05) is 32.5 Å². The standard InChI is InChI=1S/C56H35N3/c1-2-15-44-39(11-1)12-10-22-52(44)59-53-21-8-7-18-47(53)48-32-31-43(34-54(48)59)38-25-23-36(24-26-38)41-13-9-14-42(33-41)37-27-29-40(30-28-37)51-35-57-55-49-19-5-3-16-45(49)46-17-4-6-20-50(46)56(55)58-51/h1-35H. The van der Waals surface area contributed by atoms with Crippen LogP contribution < -0.4 is 0 Å². The van der Waals surface area contributed by atoms with Crippen molar-refractivity contribution in [1.29, 1.82) is 0 Å². The molecule has 0 bridgehead atoms. The largest absolute Gasteiger partial charge is 0.309 e. The molecule has 0 saturated heterocycles. The van der Waals surface area contributed by atoms with Crippen LogP contribution in [0.15, 0.2) is 212 Å². The van der Waals surface area contributed by atoms with Crippen molar-refractivity contribution in [1.82, 2.24) is 14.5 Å². The Bertz CT molecular complexity index is 3560. The zero-order valence-electron chi connectivity index (χ0n) is 32.0. The maximum atomic E-state index is 5.20. The number of benzene rings is 10. The minimum atomic E-state index is 0.868. The molecule has 0 aliphatic heterocycles. The van der Waals surface area contributed by atoms with E-state index >= 15 is 0 Å². The van der Waals surface area contributed by atoms with Crippen molar-refractivity contribution in [3.8, 4) is 50.3 Å². The topological polar surface area (TPSA) is 30.7 Å². The molecule has 2 aromatic heterocycles. The quantitative estimate of drug-likeness (QED) is 0.164. The number of hydrogen-bond donors (Lipinski definition) is 0. The Labute approximate surface area is 341 Å². The van der Waals surface area contributed by atoms with E-state index in [1.54, 1.807) is 0 Å². The second-order valence-corrected chi connectivity index (χ2v) is 15.4. The van der Waals surface area contributed by atoms with Crippen LogP contribution in [0.5, 0.6) is 0 Å². The summed E-state index contributed by atoms with van der Waals surface area (Å²) in [6.45, 7) is 0. The van der Waals surface area contributed by atoms with Gasteiger partial charge in [-0.1, -0.05) is 182 Å². The monoisotopic (exact) mass is 749 g/mol. The van der Waals surface area contributed by atoms with Crippen molar-refractivity contribution in [2.24, 2.45) is 0 Å². The van der Waals surface area contributed by atoms with Crippen molar-refractivity contribution in [2.45, 2.75) is 0 Å². The number of aromatic nitrogens is 3. The van der Waals surface area contributed by atoms with E-state index in [0.29, 0.717) is 0 Å². The molecule has 0 aliphatic carbocycles. The minimum Gasteiger partial charge on any atom is -0.309 e. The van der Waals surface area contributed by atoms with Crippen molar-refractivity contribution >= 4 is 65.2 Å². The number of hydrogen-bond acceptors (Lipinski definition) is 2. The van der Waals surface area contributed by atoms with Crippen molar-refractivity contribution in [3.05, 3.63) is 212 Å². The Morgan fingerprint density at radius 2 is 0.797 bits per heavy atom. The first-order valence-corrected chi connectivity index (χ1v) is 20.1. The molecule has 0 spiro atoms. The summed E-state index contributed by atoms with van der Waals surface area (Å²) in [7, 11) is 0. The van der Waals surface area contributed by atoms with Gasteiger partial charge in [-0.15, -0.1) is 0 Å². The SMILES string of the molecule is c1cc(-c2ccc(-c3ccc4c5ccccc5n(-c5cccc6ccccc56)c4c3)cc2)cc(-c2ccc(-c3cnc4c5ccccc5c5ccccc5c4n3)cc2)c1. The van der Waals surface area contributed by atoms with Gasteiger partial charge in [0.25, 0.3) is 0 Å². The fourth-order valence-electron chi connectivity index (χ4n) is 9.14. The molecule has 0 unspecified atom stereocenters. The maximum Gasteiger partial charge on any atom is 0.0979 e. The van der Waals surface area contributed by atoms with Crippen LogP contribution in [0.4, 0.5) is 0 Å². The van der Waals surface area contributed by atoms with Gasteiger partial charge in [0.1, 0.15) is 0 Å². The van der Waals surface area contributed by atoms with E-state index in [4.69, 9.17) is 9.97 Å². The molecule has 3 nitrogen and oxygen atoms in total. The lowest BCUT2D eigenvalue weighted by Gasteiger charge is -2.12. The number of fused-ring (bicyclic) bond motifs is 10. The smallest absolute Gasteiger partial charge is 0.0979 e. The van der Waals surface area contributed by atoms with Gasteiger partial charge < -0.3 is 4.57 Å². The highest BCUT2D eigenvalue weighted by Gasteiger charge is 2.16. The summed E-state index contributed by atoms with van der Waals surface area (Å²) in [6, 6.07) is 74.4. The number of rotatable bonds is 5. The lowest BCUT2D eigenvalue weighted by Crippen LogP contribution is -1.95. The molecule has 0 atom stereocenters. The zero-order valence-corrected chi connectivity index (χ0v) is 32.0. The molecule has 0 fully saturated rings. The predicted molar refractivity (Wildman–Crippen MR) is 248 cm³/mol. The van der Waals surface area contributed by atoms with E-state index < -0.39 is 0 Å². The molecule has 2 heterocycles. The van der Waals surface area contributed by atoms with Gasteiger partial charge in [-0.25, -0.2) is 4.98 Å². The molecular formula is C56H35N3. The molecule has 12 rings (SSSR count). The fraction of sp³-hybridized carbons (Fsp3) is 0. The van der Waals surface area contributed by atoms with Crippen LogP contribution in [-0.4, -0.2) is 14.5 Å². The maximum absolute atomic E-state index is 5.20. The van der Waals surface area contributed by atoms with E-state index in [9.17, 15) is 0 Å². The Hall–Kier alpha value is -7.88. The van der Waals surface area contributed by atoms with E-state index in [0.717, 1.165) is 38.6 Å². The van der Waals surface area contributed by atoms with Gasteiger partial charge in [-0.3, -0.25) is 4.98 Å². The van der Waals surface area contributed by atoms with Crippen LogP contribution >= 0.6 is 0 Å². The van der Waals surface area contributed by atoms with Gasteiger partial charge in [-0.2, -0.15) is 0 Å². The highest BCUT2D eigenvalue weighted by Crippen LogP contribution is 2.38. The van der Waals surface area contributed by atoms with E-state index in [1.807, 2.05) is 6.20 Å². The van der Waals surface area contributed by atoms with Crippen LogP contribution in [-0.2, 0) is 0 Å². The zero-order chi connectivity index (χ0) is 38.9. The van der Waals surface area contributed by atoms with E-state index in [2.05, 4.69) is 211 Å². The average Bonchev–Trinajstić information content (AvgIpc) is 3.65. The first-order valence-electron chi connectivity index (χ1n) is 20.1. The Balaban J connectivity index is 0.860. The molecule has 0 saturated carbocycles. The lowest BCUT2D eigenvalue weighted by atomic mass is 9.96. The van der Waals surface area contributed by atoms with Gasteiger partial charge >= 0.3 is 0 Å². The second-order valence-electron chi connectivity index (χ2n) is 15.4. The second kappa shape index (κ2) is 13.4. The lowest BCUT2D eigenvalue weighted by molar-refractivity contribution is 1.20. The van der Waals surface area contributed by atoms with Crippen LogP contribution in [0, 0.1) is 0 Å². The van der Waals surface area contributed by atoms with Crippen molar-refractivity contribution in [2.75, 3.05) is 0 Å². The molecule has 3 heteroatoms. The highest BCUT2D eigenvalue weighted by atomic mass is 15.0. The molecule has 0 N–H and O–H groups in total. The summed E-state index contributed by atoms with van der Waals surface area (Å²) in [6.07, 6.45) is 1.91. The van der Waals surface area contributed by atoms with Crippen molar-refractivity contribution in [3.63, 3.8) is 0 Å². The van der Waals surface area contributed by atoms with Gasteiger partial charge in [-0.05, 0) is 73.8 Å². The highest BCUT2D eigenvalue weighted by molar-refractivity contribution is 6.23. The third-order valence-corrected chi connectivity index (χ3v) is 12.0. The van der Waals surface area contributed by atoms with Gasteiger partial charge in [0.15, 0.2) is 0 Å². The summed E-state index contributed by atoms with van der Waals surface area (Å²) in [5, 5.41) is 9.65. The molecule has 0 aliphatic rings. The molecule has 12 aromatic rings. The first-order chi connectivity index (χ1) is 29.2. The third-order valence-electron chi connectivity index (χ3n) is 12.0. The summed E-state index contributed by atoms with van der Waals surface area (Å²) >= 11 is 0. The average molecular weight is 750 g/mol. The van der Waals surface area contributed by atoms with Crippen LogP contribution in [0.3, 0.4) is 0 Å². The number of nitrogens with zero attached hydrogens (tertiary/aromatic N) is 3. The fourth-order valence-corrected chi connectivity index (χ4v) is 9.14. The predicted octanol–water partition coefficient (Wildman–Crippen LogP) is 14.9. The first kappa shape index (κ1) is 33.3.